The van der Waals surface area contributed by atoms with Gasteiger partial charge in [0.05, 0.1) is 0 Å². The predicted molar refractivity (Wildman–Crippen MR) is 103 cm³/mol. The van der Waals surface area contributed by atoms with Gasteiger partial charge < -0.3 is 0 Å². The van der Waals surface area contributed by atoms with Crippen molar-refractivity contribution in [2.45, 2.75) is 103 Å². The molecule has 0 nitrogen and oxygen atoms in total. The van der Waals surface area contributed by atoms with Crippen molar-refractivity contribution in [1.29, 1.82) is 0 Å². The molecule has 0 bridgehead atoms. The van der Waals surface area contributed by atoms with Crippen LogP contribution >= 0.6 is 0 Å². The monoisotopic (exact) mass is 332 g/mol. The first-order valence-corrected chi connectivity index (χ1v) is 14.3. The third-order valence-electron chi connectivity index (χ3n) is 9.59. The van der Waals surface area contributed by atoms with E-state index in [0.29, 0.717) is 5.41 Å². The summed E-state index contributed by atoms with van der Waals surface area (Å²) in [6, 6.07) is 0. The summed E-state index contributed by atoms with van der Waals surface area (Å²) in [6.07, 6.45) is 15.6. The summed E-state index contributed by atoms with van der Waals surface area (Å²) in [5.41, 5.74) is 2.52. The van der Waals surface area contributed by atoms with Crippen LogP contribution in [0.1, 0.15) is 78.1 Å². The molecule has 4 rings (SSSR count). The molecule has 23 heavy (non-hydrogen) atoms. The van der Waals surface area contributed by atoms with Crippen LogP contribution in [0, 0.1) is 34.5 Å². The molecule has 0 saturated heterocycles. The van der Waals surface area contributed by atoms with E-state index in [1.165, 1.54) is 12.8 Å². The van der Waals surface area contributed by atoms with E-state index in [2.05, 4.69) is 33.5 Å². The van der Waals surface area contributed by atoms with Gasteiger partial charge in [-0.25, -0.2) is 0 Å². The van der Waals surface area contributed by atoms with Crippen molar-refractivity contribution in [3.8, 4) is 0 Å². The molecule has 0 aromatic rings. The van der Waals surface area contributed by atoms with E-state index >= 15 is 0 Å². The Bertz CT molecular complexity index is 463. The Labute approximate surface area is 146 Å². The van der Waals surface area contributed by atoms with E-state index in [0.717, 1.165) is 34.6 Å². The minimum absolute atomic E-state index is 0.704. The van der Waals surface area contributed by atoms with Gasteiger partial charge in [0.25, 0.3) is 0 Å². The molecule has 0 aromatic heterocycles. The average Bonchev–Trinajstić information content (AvgIpc) is 2.86. The second-order valence-corrected chi connectivity index (χ2v) is 16.9. The van der Waals surface area contributed by atoms with Crippen LogP contribution in [0.5, 0.6) is 0 Å². The van der Waals surface area contributed by atoms with Crippen molar-refractivity contribution in [3.63, 3.8) is 0 Å². The van der Waals surface area contributed by atoms with Gasteiger partial charge in [0, 0.05) is 8.07 Å². The maximum absolute atomic E-state index is 2.80. The fourth-order valence-corrected chi connectivity index (χ4v) is 12.1. The molecule has 0 amide bonds. The number of rotatable bonds is 1. The lowest BCUT2D eigenvalue weighted by Gasteiger charge is -2.64. The highest BCUT2D eigenvalue weighted by Crippen LogP contribution is 2.69. The van der Waals surface area contributed by atoms with Gasteiger partial charge in [-0.2, -0.15) is 0 Å². The molecule has 7 atom stereocenters. The Hall–Kier alpha value is 0.217. The first-order valence-electron chi connectivity index (χ1n) is 10.8. The molecule has 4 fully saturated rings. The highest BCUT2D eigenvalue weighted by atomic mass is 28.3. The Morgan fingerprint density at radius 2 is 1.52 bits per heavy atom. The zero-order valence-corrected chi connectivity index (χ0v) is 17.5. The maximum Gasteiger partial charge on any atom is 0.0479 e. The first-order chi connectivity index (χ1) is 10.8. The lowest BCUT2D eigenvalue weighted by Crippen LogP contribution is -2.57. The second-order valence-electron chi connectivity index (χ2n) is 11.5. The van der Waals surface area contributed by atoms with Gasteiger partial charge in [-0.1, -0.05) is 52.8 Å². The zero-order valence-electron chi connectivity index (χ0n) is 16.5. The van der Waals surface area contributed by atoms with Crippen LogP contribution in [0.2, 0.25) is 25.2 Å². The van der Waals surface area contributed by atoms with Gasteiger partial charge in [0.15, 0.2) is 0 Å². The summed E-state index contributed by atoms with van der Waals surface area (Å²) < 4.78 is 0. The van der Waals surface area contributed by atoms with E-state index in [1.54, 1.807) is 51.4 Å². The molecule has 4 saturated carbocycles. The van der Waals surface area contributed by atoms with Crippen LogP contribution in [0.15, 0.2) is 0 Å². The Morgan fingerprint density at radius 1 is 0.739 bits per heavy atom. The fraction of sp³-hybridized carbons (Fsp3) is 1.00. The average molecular weight is 333 g/mol. The number of hydrogen-bond donors (Lipinski definition) is 0. The summed E-state index contributed by atoms with van der Waals surface area (Å²) >= 11 is 0. The summed E-state index contributed by atoms with van der Waals surface area (Å²) in [6.45, 7) is 13.5. The topological polar surface area (TPSA) is 0 Å². The molecular weight excluding hydrogens is 292 g/mol. The molecule has 2 unspecified atom stereocenters. The van der Waals surface area contributed by atoms with Crippen molar-refractivity contribution in [2.24, 2.45) is 34.5 Å². The van der Waals surface area contributed by atoms with Crippen LogP contribution < -0.4 is 0 Å². The van der Waals surface area contributed by atoms with Crippen molar-refractivity contribution in [2.75, 3.05) is 0 Å². The molecule has 4 aliphatic rings. The fourth-order valence-electron chi connectivity index (χ4n) is 8.71. The molecule has 4 aliphatic carbocycles. The molecule has 0 heterocycles. The summed E-state index contributed by atoms with van der Waals surface area (Å²) in [4.78, 5) is 0. The minimum Gasteiger partial charge on any atom is -0.0693 e. The van der Waals surface area contributed by atoms with E-state index in [9.17, 15) is 0 Å². The summed E-state index contributed by atoms with van der Waals surface area (Å²) in [5.74, 6) is 4.33. The minimum atomic E-state index is -1.07. The molecule has 1 heteroatoms. The predicted octanol–water partition coefficient (Wildman–Crippen LogP) is 7.13. The van der Waals surface area contributed by atoms with Crippen molar-refractivity contribution < 1.29 is 0 Å². The van der Waals surface area contributed by atoms with Crippen LogP contribution in [-0.2, 0) is 0 Å². The number of hydrogen-bond acceptors (Lipinski definition) is 0. The quantitative estimate of drug-likeness (QED) is 0.448. The van der Waals surface area contributed by atoms with Gasteiger partial charge in [-0.3, -0.25) is 0 Å². The standard InChI is InChI=1S/C22H40Si/c1-21-14-7-9-18(21)17-12-11-16-8-6-10-20(23(3,4)5)22(16,2)19(17)13-15-21/h16-20H,6-15H2,1-5H3/t16?,17-,18-,19-,20?,21-,22-/m0/s1. The Balaban J connectivity index is 1.70. The van der Waals surface area contributed by atoms with Gasteiger partial charge in [0.2, 0.25) is 0 Å². The van der Waals surface area contributed by atoms with Gasteiger partial charge in [0.1, 0.15) is 0 Å². The van der Waals surface area contributed by atoms with Crippen molar-refractivity contribution >= 4 is 8.07 Å². The van der Waals surface area contributed by atoms with Crippen LogP contribution in [0.3, 0.4) is 0 Å². The molecule has 0 N–H and O–H groups in total. The normalized spacial score (nSPS) is 53.3. The van der Waals surface area contributed by atoms with Gasteiger partial charge >= 0.3 is 0 Å². The highest BCUT2D eigenvalue weighted by Gasteiger charge is 2.61. The van der Waals surface area contributed by atoms with Crippen LogP contribution in [0.4, 0.5) is 0 Å². The smallest absolute Gasteiger partial charge is 0.0479 e. The largest absolute Gasteiger partial charge is 0.0693 e. The molecule has 0 radical (unpaired) electrons. The third kappa shape index (κ3) is 2.35. The lowest BCUT2D eigenvalue weighted by atomic mass is 9.45. The first kappa shape index (κ1) is 16.7. The van der Waals surface area contributed by atoms with E-state index in [1.807, 2.05) is 0 Å². The highest BCUT2D eigenvalue weighted by molar-refractivity contribution is 6.77. The van der Waals surface area contributed by atoms with E-state index < -0.39 is 8.07 Å². The van der Waals surface area contributed by atoms with Crippen LogP contribution in [0.25, 0.3) is 0 Å². The van der Waals surface area contributed by atoms with Crippen LogP contribution in [-0.4, -0.2) is 8.07 Å². The van der Waals surface area contributed by atoms with Crippen molar-refractivity contribution in [3.05, 3.63) is 0 Å². The molecule has 0 aliphatic heterocycles. The zero-order chi connectivity index (χ0) is 16.5. The summed E-state index contributed by atoms with van der Waals surface area (Å²) in [7, 11) is -1.07. The van der Waals surface area contributed by atoms with Gasteiger partial charge in [-0.15, -0.1) is 0 Å². The SMILES string of the molecule is C[C@@]12CCC[C@H]1[C@@H]1CCC3CCCC([Si](C)(C)C)[C@]3(C)[C@H]1CC2. The summed E-state index contributed by atoms with van der Waals surface area (Å²) in [5, 5.41) is 0. The molecule has 132 valence electrons. The second kappa shape index (κ2) is 5.35. The van der Waals surface area contributed by atoms with E-state index in [4.69, 9.17) is 0 Å². The number of fused-ring (bicyclic) bond motifs is 5. The lowest BCUT2D eigenvalue weighted by molar-refractivity contribution is -0.104. The molecule has 0 aromatic carbocycles. The maximum atomic E-state index is 2.80. The Morgan fingerprint density at radius 3 is 2.26 bits per heavy atom. The van der Waals surface area contributed by atoms with E-state index in [-0.39, 0.29) is 0 Å². The Kier molecular flexibility index (Phi) is 3.88. The third-order valence-corrected chi connectivity index (χ3v) is 12.6. The molecular formula is C22H40Si. The van der Waals surface area contributed by atoms with Crippen molar-refractivity contribution in [1.82, 2.24) is 0 Å². The van der Waals surface area contributed by atoms with Gasteiger partial charge in [-0.05, 0) is 85.0 Å². The molecule has 0 spiro atoms.